The Morgan fingerprint density at radius 1 is 1.29 bits per heavy atom. The summed E-state index contributed by atoms with van der Waals surface area (Å²) in [5.74, 6) is 0.559. The minimum Gasteiger partial charge on any atom is -0.394 e. The fraction of sp³-hybridized carbons (Fsp3) is 0.400. The molecule has 0 radical (unpaired) electrons. The van der Waals surface area contributed by atoms with Gasteiger partial charge in [-0.05, 0) is 5.56 Å². The van der Waals surface area contributed by atoms with Gasteiger partial charge in [-0.1, -0.05) is 30.3 Å². The first-order valence-corrected chi connectivity index (χ1v) is 5.89. The molecule has 2 atom stereocenters. The molecule has 0 unspecified atom stereocenters. The van der Waals surface area contributed by atoms with Gasteiger partial charge in [0.1, 0.15) is 0 Å². The Balaban J connectivity index is 2.42. The van der Waals surface area contributed by atoms with E-state index in [9.17, 15) is 4.21 Å². The highest BCUT2D eigenvalue weighted by atomic mass is 32.2. The molecule has 0 aromatic heterocycles. The molecule has 0 bridgehead atoms. The van der Waals surface area contributed by atoms with E-state index in [0.717, 1.165) is 5.56 Å². The van der Waals surface area contributed by atoms with Gasteiger partial charge in [0.2, 0.25) is 0 Å². The normalized spacial score (nSPS) is 15.0. The van der Waals surface area contributed by atoms with Gasteiger partial charge in [0.05, 0.1) is 18.5 Å². The summed E-state index contributed by atoms with van der Waals surface area (Å²) >= 11 is 0. The third-order valence-corrected chi connectivity index (χ3v) is 3.17. The van der Waals surface area contributed by atoms with Gasteiger partial charge < -0.3 is 10.2 Å². The number of benzene rings is 1. The van der Waals surface area contributed by atoms with Crippen molar-refractivity contribution in [1.29, 1.82) is 0 Å². The molecule has 0 heterocycles. The van der Waals surface area contributed by atoms with Crippen molar-refractivity contribution >= 4 is 10.8 Å². The van der Waals surface area contributed by atoms with E-state index < -0.39 is 16.9 Å². The average molecular weight is 214 g/mol. The van der Waals surface area contributed by atoms with Crippen LogP contribution in [0.3, 0.4) is 0 Å². The van der Waals surface area contributed by atoms with Crippen LogP contribution in [0.1, 0.15) is 5.56 Å². The smallest absolute Gasteiger partial charge is 0.0885 e. The molecule has 3 nitrogen and oxygen atoms in total. The number of rotatable bonds is 5. The summed E-state index contributed by atoms with van der Waals surface area (Å²) in [6.45, 7) is -0.333. The first-order chi connectivity index (χ1) is 6.72. The molecule has 0 aliphatic rings. The van der Waals surface area contributed by atoms with Crippen LogP contribution in [0.15, 0.2) is 30.3 Å². The average Bonchev–Trinajstić information content (AvgIpc) is 2.19. The van der Waals surface area contributed by atoms with E-state index in [0.29, 0.717) is 5.75 Å². The van der Waals surface area contributed by atoms with Crippen LogP contribution in [0.4, 0.5) is 0 Å². The zero-order valence-corrected chi connectivity index (χ0v) is 8.61. The maximum Gasteiger partial charge on any atom is 0.0885 e. The summed E-state index contributed by atoms with van der Waals surface area (Å²) in [5.41, 5.74) is 0.982. The fourth-order valence-corrected chi connectivity index (χ4v) is 2.30. The van der Waals surface area contributed by atoms with Crippen molar-refractivity contribution in [2.45, 2.75) is 11.9 Å². The Morgan fingerprint density at radius 2 is 1.93 bits per heavy atom. The van der Waals surface area contributed by atoms with E-state index in [1.807, 2.05) is 30.3 Å². The highest BCUT2D eigenvalue weighted by Crippen LogP contribution is 2.03. The second-order valence-electron chi connectivity index (χ2n) is 3.07. The van der Waals surface area contributed by atoms with E-state index in [2.05, 4.69) is 0 Å². The summed E-state index contributed by atoms with van der Waals surface area (Å²) in [7, 11) is -1.11. The second-order valence-corrected chi connectivity index (χ2v) is 4.57. The molecule has 0 aliphatic carbocycles. The molecule has 0 spiro atoms. The zero-order chi connectivity index (χ0) is 10.4. The molecule has 4 heteroatoms. The minimum absolute atomic E-state index is 0.130. The molecule has 14 heavy (non-hydrogen) atoms. The van der Waals surface area contributed by atoms with E-state index in [4.69, 9.17) is 10.2 Å². The second kappa shape index (κ2) is 5.90. The Morgan fingerprint density at radius 3 is 2.50 bits per heavy atom. The quantitative estimate of drug-likeness (QED) is 0.740. The Hall–Kier alpha value is -0.710. The SMILES string of the molecule is O=[S@@](Cc1ccccc1)C[C@@H](O)CO. The lowest BCUT2D eigenvalue weighted by Gasteiger charge is -2.06. The summed E-state index contributed by atoms with van der Waals surface area (Å²) < 4.78 is 11.4. The molecular formula is C10H14O3S. The van der Waals surface area contributed by atoms with Crippen molar-refractivity contribution in [3.05, 3.63) is 35.9 Å². The lowest BCUT2D eigenvalue weighted by Crippen LogP contribution is -2.21. The van der Waals surface area contributed by atoms with Crippen LogP contribution >= 0.6 is 0 Å². The number of hydrogen-bond donors (Lipinski definition) is 2. The van der Waals surface area contributed by atoms with Crippen molar-refractivity contribution in [1.82, 2.24) is 0 Å². The van der Waals surface area contributed by atoms with Gasteiger partial charge in [0, 0.05) is 16.6 Å². The first kappa shape index (κ1) is 11.4. The maximum absolute atomic E-state index is 11.4. The van der Waals surface area contributed by atoms with Crippen molar-refractivity contribution in [2.24, 2.45) is 0 Å². The highest BCUT2D eigenvalue weighted by molar-refractivity contribution is 7.84. The van der Waals surface area contributed by atoms with Gasteiger partial charge in [-0.3, -0.25) is 4.21 Å². The molecule has 1 rings (SSSR count). The minimum atomic E-state index is -1.11. The Labute approximate surface area is 85.9 Å². The molecule has 0 saturated carbocycles. The molecule has 78 valence electrons. The zero-order valence-electron chi connectivity index (χ0n) is 7.80. The third-order valence-electron chi connectivity index (χ3n) is 1.76. The summed E-state index contributed by atoms with van der Waals surface area (Å²) in [6.07, 6.45) is -0.875. The van der Waals surface area contributed by atoms with Crippen LogP contribution < -0.4 is 0 Å². The maximum atomic E-state index is 11.4. The molecular weight excluding hydrogens is 200 g/mol. The van der Waals surface area contributed by atoms with Crippen LogP contribution in [0.5, 0.6) is 0 Å². The van der Waals surface area contributed by atoms with Gasteiger partial charge in [-0.2, -0.15) is 0 Å². The predicted octanol–water partition coefficient (Wildman–Crippen LogP) is 0.289. The molecule has 0 amide bonds. The lowest BCUT2D eigenvalue weighted by atomic mass is 10.2. The summed E-state index contributed by atoms with van der Waals surface area (Å²) in [5, 5.41) is 17.6. The van der Waals surface area contributed by atoms with Gasteiger partial charge in [-0.25, -0.2) is 0 Å². The monoisotopic (exact) mass is 214 g/mol. The van der Waals surface area contributed by atoms with Crippen LogP contribution in [0.2, 0.25) is 0 Å². The molecule has 0 aliphatic heterocycles. The Kier molecular flexibility index (Phi) is 4.79. The number of hydrogen-bond acceptors (Lipinski definition) is 3. The molecule has 1 aromatic rings. The van der Waals surface area contributed by atoms with Crippen LogP contribution in [0.25, 0.3) is 0 Å². The highest BCUT2D eigenvalue weighted by Gasteiger charge is 2.08. The summed E-state index contributed by atoms with van der Waals surface area (Å²) in [6, 6.07) is 9.45. The Bertz CT molecular complexity index is 287. The van der Waals surface area contributed by atoms with Gasteiger partial charge in [0.15, 0.2) is 0 Å². The molecule has 0 saturated heterocycles. The van der Waals surface area contributed by atoms with Crippen molar-refractivity contribution < 1.29 is 14.4 Å². The van der Waals surface area contributed by atoms with Gasteiger partial charge in [-0.15, -0.1) is 0 Å². The van der Waals surface area contributed by atoms with Crippen LogP contribution in [0, 0.1) is 0 Å². The van der Waals surface area contributed by atoms with Crippen LogP contribution in [-0.2, 0) is 16.6 Å². The van der Waals surface area contributed by atoms with Crippen molar-refractivity contribution in [3.8, 4) is 0 Å². The summed E-state index contributed by atoms with van der Waals surface area (Å²) in [4.78, 5) is 0. The van der Waals surface area contributed by atoms with E-state index in [1.165, 1.54) is 0 Å². The molecule has 0 fully saturated rings. The molecule has 2 N–H and O–H groups in total. The van der Waals surface area contributed by atoms with Crippen molar-refractivity contribution in [3.63, 3.8) is 0 Å². The van der Waals surface area contributed by atoms with Gasteiger partial charge >= 0.3 is 0 Å². The van der Waals surface area contributed by atoms with Gasteiger partial charge in [0.25, 0.3) is 0 Å². The van der Waals surface area contributed by atoms with Crippen LogP contribution in [-0.4, -0.2) is 32.9 Å². The molecule has 1 aromatic carbocycles. The third kappa shape index (κ3) is 4.00. The topological polar surface area (TPSA) is 57.5 Å². The largest absolute Gasteiger partial charge is 0.394 e. The number of aliphatic hydroxyl groups excluding tert-OH is 2. The number of aliphatic hydroxyl groups is 2. The van der Waals surface area contributed by atoms with E-state index >= 15 is 0 Å². The van der Waals surface area contributed by atoms with E-state index in [-0.39, 0.29) is 12.4 Å². The van der Waals surface area contributed by atoms with Crippen molar-refractivity contribution in [2.75, 3.05) is 12.4 Å². The first-order valence-electron chi connectivity index (χ1n) is 4.40. The fourth-order valence-electron chi connectivity index (χ4n) is 1.09. The van der Waals surface area contributed by atoms with E-state index in [1.54, 1.807) is 0 Å². The standard InChI is InChI=1S/C10H14O3S/c11-6-10(12)8-14(13)7-9-4-2-1-3-5-9/h1-5,10-12H,6-8H2/t10-,14-/m0/s1. The predicted molar refractivity (Wildman–Crippen MR) is 56.2 cm³/mol. The lowest BCUT2D eigenvalue weighted by molar-refractivity contribution is 0.113.